The van der Waals surface area contributed by atoms with Crippen LogP contribution in [0.5, 0.6) is 0 Å². The van der Waals surface area contributed by atoms with E-state index in [1.54, 1.807) is 14.0 Å². The number of nitrogens with zero attached hydrogens (tertiary/aromatic N) is 2. The van der Waals surface area contributed by atoms with Gasteiger partial charge in [-0.15, -0.1) is 0 Å². The van der Waals surface area contributed by atoms with E-state index in [-0.39, 0.29) is 11.6 Å². The molecule has 1 fully saturated rings. The van der Waals surface area contributed by atoms with E-state index in [1.807, 2.05) is 6.92 Å². The largest absolute Gasteiger partial charge is 0.371 e. The number of nitrogens with one attached hydrogen (secondary N) is 1. The predicted octanol–water partition coefficient (Wildman–Crippen LogP) is 3.41. The first-order valence-corrected chi connectivity index (χ1v) is 7.38. The maximum absolute atomic E-state index is 13.9. The van der Waals surface area contributed by atoms with Gasteiger partial charge in [0.2, 0.25) is 0 Å². The highest BCUT2D eigenvalue weighted by molar-refractivity contribution is 5.38. The van der Waals surface area contributed by atoms with Crippen LogP contribution in [0.2, 0.25) is 0 Å². The average Bonchev–Trinajstić information content (AvgIpc) is 2.44. The van der Waals surface area contributed by atoms with Crippen molar-refractivity contribution in [1.29, 1.82) is 0 Å². The fourth-order valence-corrected chi connectivity index (χ4v) is 2.87. The van der Waals surface area contributed by atoms with Crippen molar-refractivity contribution in [2.24, 2.45) is 5.92 Å². The molecule has 1 aromatic rings. The number of rotatable bonds is 4. The van der Waals surface area contributed by atoms with Gasteiger partial charge in [0, 0.05) is 13.7 Å². The highest BCUT2D eigenvalue weighted by Crippen LogP contribution is 2.41. The highest BCUT2D eigenvalue weighted by atomic mass is 19.1. The van der Waals surface area contributed by atoms with Crippen LogP contribution < -0.4 is 5.32 Å². The molecule has 1 aliphatic rings. The summed E-state index contributed by atoms with van der Waals surface area (Å²) >= 11 is 0. The van der Waals surface area contributed by atoms with Crippen LogP contribution in [0.4, 0.5) is 10.2 Å². The molecule has 1 heterocycles. The Bertz CT molecular complexity index is 470. The van der Waals surface area contributed by atoms with Crippen LogP contribution in [0, 0.1) is 18.7 Å². The van der Waals surface area contributed by atoms with Gasteiger partial charge >= 0.3 is 0 Å². The Kier molecular flexibility index (Phi) is 4.58. The lowest BCUT2D eigenvalue weighted by atomic mass is 9.78. The summed E-state index contributed by atoms with van der Waals surface area (Å²) in [6.45, 7) is 6.52. The van der Waals surface area contributed by atoms with Gasteiger partial charge in [-0.25, -0.2) is 14.4 Å². The van der Waals surface area contributed by atoms with Crippen LogP contribution in [-0.2, 0) is 10.3 Å². The van der Waals surface area contributed by atoms with Crippen molar-refractivity contribution < 1.29 is 9.13 Å². The average molecular weight is 281 g/mol. The SMILES string of the molecule is CCOC1(c2nc(C)c(F)c(NC)n2)CCC(C)CC1. The number of aryl methyl sites for hydroxylation is 1. The van der Waals surface area contributed by atoms with Crippen molar-refractivity contribution in [2.45, 2.75) is 52.1 Å². The van der Waals surface area contributed by atoms with Crippen molar-refractivity contribution >= 4 is 5.82 Å². The summed E-state index contributed by atoms with van der Waals surface area (Å²) in [7, 11) is 1.67. The topological polar surface area (TPSA) is 47.0 Å². The number of ether oxygens (including phenoxy) is 1. The molecule has 1 aliphatic carbocycles. The minimum absolute atomic E-state index is 0.255. The summed E-state index contributed by atoms with van der Waals surface area (Å²) in [4.78, 5) is 8.74. The molecule has 5 heteroatoms. The number of anilines is 1. The molecular formula is C15H24FN3O. The highest BCUT2D eigenvalue weighted by Gasteiger charge is 2.40. The van der Waals surface area contributed by atoms with E-state index in [1.165, 1.54) is 0 Å². The van der Waals surface area contributed by atoms with Crippen molar-refractivity contribution in [3.05, 3.63) is 17.3 Å². The van der Waals surface area contributed by atoms with Crippen LogP contribution in [0.25, 0.3) is 0 Å². The van der Waals surface area contributed by atoms with Crippen molar-refractivity contribution in [1.82, 2.24) is 9.97 Å². The predicted molar refractivity (Wildman–Crippen MR) is 77.2 cm³/mol. The van der Waals surface area contributed by atoms with Crippen LogP contribution >= 0.6 is 0 Å². The Morgan fingerprint density at radius 2 is 2.00 bits per heavy atom. The standard InChI is InChI=1S/C15H24FN3O/c1-5-20-15(8-6-10(2)7-9-15)14-18-11(3)12(16)13(17-4)19-14/h10H,5-9H2,1-4H3,(H,17,18,19). The zero-order valence-corrected chi connectivity index (χ0v) is 12.8. The molecule has 4 nitrogen and oxygen atoms in total. The smallest absolute Gasteiger partial charge is 0.186 e. The maximum Gasteiger partial charge on any atom is 0.186 e. The second kappa shape index (κ2) is 6.04. The van der Waals surface area contributed by atoms with Gasteiger partial charge in [-0.05, 0) is 45.4 Å². The minimum atomic E-state index is -0.453. The number of halogens is 1. The van der Waals surface area contributed by atoms with E-state index in [0.717, 1.165) is 25.7 Å². The van der Waals surface area contributed by atoms with E-state index in [9.17, 15) is 4.39 Å². The zero-order valence-electron chi connectivity index (χ0n) is 12.8. The number of hydrogen-bond donors (Lipinski definition) is 1. The van der Waals surface area contributed by atoms with Crippen LogP contribution in [0.15, 0.2) is 0 Å². The monoisotopic (exact) mass is 281 g/mol. The first-order chi connectivity index (χ1) is 9.52. The Balaban J connectivity index is 2.41. The Labute approximate surface area is 120 Å². The molecular weight excluding hydrogens is 257 g/mol. The van der Waals surface area contributed by atoms with Crippen LogP contribution in [0.3, 0.4) is 0 Å². The molecule has 0 amide bonds. The molecule has 1 N–H and O–H groups in total. The third-order valence-corrected chi connectivity index (χ3v) is 4.16. The first kappa shape index (κ1) is 15.2. The van der Waals surface area contributed by atoms with Gasteiger partial charge in [0.15, 0.2) is 17.5 Å². The lowest BCUT2D eigenvalue weighted by molar-refractivity contribution is -0.0838. The molecule has 20 heavy (non-hydrogen) atoms. The first-order valence-electron chi connectivity index (χ1n) is 7.38. The molecule has 0 aromatic carbocycles. The van der Waals surface area contributed by atoms with Crippen LogP contribution in [0.1, 0.15) is 51.0 Å². The summed E-state index contributed by atoms with van der Waals surface area (Å²) < 4.78 is 19.9. The molecule has 1 saturated carbocycles. The summed E-state index contributed by atoms with van der Waals surface area (Å²) in [5.41, 5.74) is -0.0808. The second-order valence-corrected chi connectivity index (χ2v) is 5.66. The summed E-state index contributed by atoms with van der Waals surface area (Å²) in [5, 5.41) is 2.80. The minimum Gasteiger partial charge on any atom is -0.371 e. The lowest BCUT2D eigenvalue weighted by Gasteiger charge is -2.38. The third-order valence-electron chi connectivity index (χ3n) is 4.16. The van der Waals surface area contributed by atoms with Gasteiger partial charge in [-0.2, -0.15) is 0 Å². The van der Waals surface area contributed by atoms with E-state index < -0.39 is 5.60 Å². The van der Waals surface area contributed by atoms with E-state index >= 15 is 0 Å². The van der Waals surface area contributed by atoms with E-state index in [4.69, 9.17) is 4.74 Å². The molecule has 0 atom stereocenters. The molecule has 0 unspecified atom stereocenters. The van der Waals surface area contributed by atoms with Gasteiger partial charge in [0.1, 0.15) is 5.60 Å². The van der Waals surface area contributed by atoms with Crippen molar-refractivity contribution in [2.75, 3.05) is 19.0 Å². The molecule has 0 spiro atoms. The number of hydrogen-bond acceptors (Lipinski definition) is 4. The molecule has 0 radical (unpaired) electrons. The van der Waals surface area contributed by atoms with Crippen molar-refractivity contribution in [3.8, 4) is 0 Å². The Hall–Kier alpha value is -1.23. The van der Waals surface area contributed by atoms with E-state index in [2.05, 4.69) is 22.2 Å². The van der Waals surface area contributed by atoms with Gasteiger partial charge in [-0.3, -0.25) is 0 Å². The fourth-order valence-electron chi connectivity index (χ4n) is 2.87. The summed E-state index contributed by atoms with van der Waals surface area (Å²) in [6.07, 6.45) is 3.98. The van der Waals surface area contributed by atoms with Gasteiger partial charge < -0.3 is 10.1 Å². The fraction of sp³-hybridized carbons (Fsp3) is 0.733. The van der Waals surface area contributed by atoms with Crippen LogP contribution in [-0.4, -0.2) is 23.6 Å². The Morgan fingerprint density at radius 3 is 2.55 bits per heavy atom. The second-order valence-electron chi connectivity index (χ2n) is 5.66. The molecule has 1 aromatic heterocycles. The summed E-state index contributed by atoms with van der Waals surface area (Å²) in [6, 6.07) is 0. The Morgan fingerprint density at radius 1 is 1.35 bits per heavy atom. The van der Waals surface area contributed by atoms with Gasteiger partial charge in [0.05, 0.1) is 5.69 Å². The van der Waals surface area contributed by atoms with Gasteiger partial charge in [0.25, 0.3) is 0 Å². The number of aromatic nitrogens is 2. The molecule has 2 rings (SSSR count). The molecule has 0 aliphatic heterocycles. The third kappa shape index (κ3) is 2.77. The zero-order chi connectivity index (χ0) is 14.8. The van der Waals surface area contributed by atoms with Crippen molar-refractivity contribution in [3.63, 3.8) is 0 Å². The quantitative estimate of drug-likeness (QED) is 0.918. The molecule has 0 bridgehead atoms. The molecule has 0 saturated heterocycles. The normalized spacial score (nSPS) is 26.6. The summed E-state index contributed by atoms with van der Waals surface area (Å²) in [5.74, 6) is 1.20. The van der Waals surface area contributed by atoms with E-state index in [0.29, 0.717) is 24.0 Å². The molecule has 112 valence electrons. The maximum atomic E-state index is 13.9. The van der Waals surface area contributed by atoms with Gasteiger partial charge in [-0.1, -0.05) is 6.92 Å². The lowest BCUT2D eigenvalue weighted by Crippen LogP contribution is -2.36.